The molecule has 124 valence electrons. The van der Waals surface area contributed by atoms with Gasteiger partial charge in [-0.25, -0.2) is 0 Å². The van der Waals surface area contributed by atoms with Gasteiger partial charge in [-0.15, -0.1) is 0 Å². The van der Waals surface area contributed by atoms with Gasteiger partial charge in [-0.05, 0) is 38.7 Å². The van der Waals surface area contributed by atoms with E-state index in [0.717, 1.165) is 16.8 Å². The molecule has 0 aromatic carbocycles. The minimum Gasteiger partial charge on any atom is -0.402 e. The highest BCUT2D eigenvalue weighted by atomic mass is 127. The maximum Gasteiger partial charge on any atom is 0.0856 e. The van der Waals surface area contributed by atoms with E-state index in [1.54, 1.807) is 0 Å². The van der Waals surface area contributed by atoms with Crippen molar-refractivity contribution >= 4 is 67.8 Å². The second kappa shape index (κ2) is 12.5. The van der Waals surface area contributed by atoms with Crippen molar-refractivity contribution in [1.82, 2.24) is 0 Å². The molecule has 0 aliphatic heterocycles. The van der Waals surface area contributed by atoms with Gasteiger partial charge in [0.2, 0.25) is 0 Å². The van der Waals surface area contributed by atoms with E-state index in [0.29, 0.717) is 0 Å². The second-order valence-electron chi connectivity index (χ2n) is 5.31. The van der Waals surface area contributed by atoms with Gasteiger partial charge in [-0.2, -0.15) is 0 Å². The first-order chi connectivity index (χ1) is 10.7. The maximum absolute atomic E-state index is 5.72. The van der Waals surface area contributed by atoms with Crippen LogP contribution in [0.3, 0.4) is 0 Å². The van der Waals surface area contributed by atoms with E-state index >= 15 is 0 Å². The Morgan fingerprint density at radius 2 is 1.39 bits per heavy atom. The van der Waals surface area contributed by atoms with Crippen LogP contribution in [-0.4, -0.2) is 7.85 Å². The molecule has 0 saturated carbocycles. The number of allylic oxidation sites excluding steroid dienone is 3. The fourth-order valence-electron chi connectivity index (χ4n) is 1.14. The lowest BCUT2D eigenvalue weighted by Crippen LogP contribution is -2.09. The van der Waals surface area contributed by atoms with Crippen LogP contribution in [-0.2, 0) is 0 Å². The number of nitrogens with two attached hydrogens (primary N) is 1. The first-order valence-corrected chi connectivity index (χ1v) is 10.9. The minimum absolute atomic E-state index is 0.195. The SMILES string of the molecule is C/C(C#CC(I)C(C)C#CC(I)C(C)C#C/C(C)=C(\C)N)=C/I. The quantitative estimate of drug-likeness (QED) is 0.241. The van der Waals surface area contributed by atoms with Crippen LogP contribution in [0, 0.1) is 47.4 Å². The summed E-state index contributed by atoms with van der Waals surface area (Å²) in [5, 5.41) is 0. The van der Waals surface area contributed by atoms with Gasteiger partial charge in [0.05, 0.1) is 7.85 Å². The topological polar surface area (TPSA) is 26.0 Å². The summed E-state index contributed by atoms with van der Waals surface area (Å²) in [6.07, 6.45) is 0. The Hall–Kier alpha value is 0.150. The van der Waals surface area contributed by atoms with Gasteiger partial charge >= 0.3 is 0 Å². The Bertz CT molecular complexity index is 637. The summed E-state index contributed by atoms with van der Waals surface area (Å²) in [4.78, 5) is 0. The molecule has 23 heavy (non-hydrogen) atoms. The van der Waals surface area contributed by atoms with Crippen molar-refractivity contribution in [3.8, 4) is 35.5 Å². The van der Waals surface area contributed by atoms with E-state index in [4.69, 9.17) is 5.73 Å². The van der Waals surface area contributed by atoms with Crippen molar-refractivity contribution in [1.29, 1.82) is 0 Å². The summed E-state index contributed by atoms with van der Waals surface area (Å²) in [6, 6.07) is 0. The summed E-state index contributed by atoms with van der Waals surface area (Å²) < 4.78 is 2.41. The summed E-state index contributed by atoms with van der Waals surface area (Å²) in [7, 11) is 0. The molecule has 0 aromatic rings. The summed E-state index contributed by atoms with van der Waals surface area (Å²) in [5.41, 5.74) is 8.51. The number of alkyl halides is 2. The first-order valence-electron chi connectivity index (χ1n) is 7.21. The molecular formula is C19H22I3N. The van der Waals surface area contributed by atoms with E-state index in [2.05, 4.69) is 117 Å². The van der Waals surface area contributed by atoms with Crippen LogP contribution in [0.15, 0.2) is 20.9 Å². The average molecular weight is 645 g/mol. The predicted molar refractivity (Wildman–Crippen MR) is 128 cm³/mol. The standard InChI is InChI=1S/C19H22I3N/c1-13(12-20)6-10-18(21)16(4)9-11-19(22)15(3)8-7-14(2)17(5)23/h12,15-16,18-19H,23H2,1-5H3/b13-12-,17-14+. The van der Waals surface area contributed by atoms with Crippen LogP contribution in [0.4, 0.5) is 0 Å². The van der Waals surface area contributed by atoms with Gasteiger partial charge in [0.1, 0.15) is 0 Å². The largest absolute Gasteiger partial charge is 0.402 e. The predicted octanol–water partition coefficient (Wildman–Crippen LogP) is 5.47. The van der Waals surface area contributed by atoms with E-state index in [1.165, 1.54) is 0 Å². The highest BCUT2D eigenvalue weighted by Gasteiger charge is 2.11. The molecule has 0 rings (SSSR count). The van der Waals surface area contributed by atoms with Crippen molar-refractivity contribution in [3.63, 3.8) is 0 Å². The molecule has 0 spiro atoms. The molecule has 0 saturated heterocycles. The molecule has 0 aliphatic rings. The Morgan fingerprint density at radius 3 is 1.91 bits per heavy atom. The minimum atomic E-state index is 0.195. The molecule has 0 bridgehead atoms. The van der Waals surface area contributed by atoms with E-state index in [1.807, 2.05) is 24.9 Å². The summed E-state index contributed by atoms with van der Waals surface area (Å²) in [5.74, 6) is 19.8. The van der Waals surface area contributed by atoms with Gasteiger partial charge in [0.25, 0.3) is 0 Å². The fraction of sp³-hybridized carbons (Fsp3) is 0.474. The third-order valence-electron chi connectivity index (χ3n) is 2.98. The van der Waals surface area contributed by atoms with Crippen molar-refractivity contribution in [2.24, 2.45) is 17.6 Å². The molecule has 0 aliphatic carbocycles. The summed E-state index contributed by atoms with van der Waals surface area (Å²) in [6.45, 7) is 10.0. The van der Waals surface area contributed by atoms with Gasteiger partial charge in [0, 0.05) is 28.7 Å². The second-order valence-corrected chi connectivity index (χ2v) is 8.62. The molecular weight excluding hydrogens is 623 g/mol. The van der Waals surface area contributed by atoms with Crippen LogP contribution in [0.2, 0.25) is 0 Å². The normalized spacial score (nSPS) is 17.0. The zero-order valence-corrected chi connectivity index (χ0v) is 20.6. The smallest absolute Gasteiger partial charge is 0.0856 e. The van der Waals surface area contributed by atoms with Crippen LogP contribution in [0.25, 0.3) is 0 Å². The zero-order chi connectivity index (χ0) is 18.0. The Labute approximate surface area is 182 Å². The molecule has 4 unspecified atom stereocenters. The zero-order valence-electron chi connectivity index (χ0n) is 14.1. The lowest BCUT2D eigenvalue weighted by Gasteiger charge is -2.08. The molecule has 1 nitrogen and oxygen atoms in total. The number of rotatable bonds is 2. The molecule has 4 atom stereocenters. The lowest BCUT2D eigenvalue weighted by atomic mass is 10.1. The Kier molecular flexibility index (Phi) is 12.6. The van der Waals surface area contributed by atoms with Crippen molar-refractivity contribution < 1.29 is 0 Å². The van der Waals surface area contributed by atoms with Crippen LogP contribution in [0.1, 0.15) is 34.6 Å². The molecule has 0 heterocycles. The van der Waals surface area contributed by atoms with E-state index in [-0.39, 0.29) is 19.7 Å². The maximum atomic E-state index is 5.72. The van der Waals surface area contributed by atoms with Gasteiger partial charge < -0.3 is 5.73 Å². The van der Waals surface area contributed by atoms with Crippen LogP contribution in [0.5, 0.6) is 0 Å². The Morgan fingerprint density at radius 1 is 0.870 bits per heavy atom. The molecule has 0 aromatic heterocycles. The van der Waals surface area contributed by atoms with Crippen molar-refractivity contribution in [3.05, 3.63) is 20.9 Å². The van der Waals surface area contributed by atoms with Gasteiger partial charge in [-0.3, -0.25) is 0 Å². The highest BCUT2D eigenvalue weighted by molar-refractivity contribution is 14.1. The first kappa shape index (κ1) is 23.1. The molecule has 0 amide bonds. The van der Waals surface area contributed by atoms with E-state index < -0.39 is 0 Å². The van der Waals surface area contributed by atoms with E-state index in [9.17, 15) is 0 Å². The van der Waals surface area contributed by atoms with Crippen molar-refractivity contribution in [2.45, 2.75) is 42.5 Å². The van der Waals surface area contributed by atoms with Crippen LogP contribution < -0.4 is 5.73 Å². The average Bonchev–Trinajstić information content (AvgIpc) is 2.53. The molecule has 0 radical (unpaired) electrons. The number of halogens is 3. The van der Waals surface area contributed by atoms with Crippen LogP contribution >= 0.6 is 67.8 Å². The third kappa shape index (κ3) is 10.6. The Balaban J connectivity index is 4.84. The lowest BCUT2D eigenvalue weighted by molar-refractivity contribution is 0.805. The summed E-state index contributed by atoms with van der Waals surface area (Å²) >= 11 is 6.92. The fourth-order valence-corrected chi connectivity index (χ4v) is 1.99. The third-order valence-corrected chi connectivity index (χ3v) is 6.69. The number of hydrogen-bond donors (Lipinski definition) is 1. The molecule has 0 fully saturated rings. The van der Waals surface area contributed by atoms with Gasteiger partial charge in [-0.1, -0.05) is 103 Å². The highest BCUT2D eigenvalue weighted by Crippen LogP contribution is 2.15. The van der Waals surface area contributed by atoms with Crippen molar-refractivity contribution in [2.75, 3.05) is 0 Å². The number of hydrogen-bond acceptors (Lipinski definition) is 1. The van der Waals surface area contributed by atoms with Gasteiger partial charge in [0.15, 0.2) is 0 Å². The monoisotopic (exact) mass is 645 g/mol. The molecule has 2 N–H and O–H groups in total. The molecule has 4 heteroatoms.